The average Bonchev–Trinajstić information content (AvgIpc) is 2.55. The molecule has 0 aromatic heterocycles. The van der Waals surface area contributed by atoms with Gasteiger partial charge in [0.2, 0.25) is 0 Å². The van der Waals surface area contributed by atoms with Crippen LogP contribution in [0.4, 0.5) is 4.79 Å². The summed E-state index contributed by atoms with van der Waals surface area (Å²) in [6.07, 6.45) is 1.54. The largest absolute Gasteiger partial charge is 0.445 e. The fraction of sp³-hybridized carbons (Fsp3) is 0.562. The molecule has 0 atom stereocenters. The van der Waals surface area contributed by atoms with Crippen LogP contribution in [-0.4, -0.2) is 49.4 Å². The Balaban J connectivity index is 1.64. The van der Waals surface area contributed by atoms with E-state index in [2.05, 4.69) is 5.32 Å². The molecule has 2 saturated heterocycles. The van der Waals surface area contributed by atoms with Crippen molar-refractivity contribution in [1.82, 2.24) is 10.2 Å². The molecule has 1 aromatic rings. The Hall–Kier alpha value is -1.59. The standard InChI is InChI=1S/C16H22N2O3/c19-15(21-12-14-4-2-1-3-5-14)18-9-8-17-13-16(18)6-10-20-11-7-16/h1-5,17H,6-13H2. The van der Waals surface area contributed by atoms with Crippen LogP contribution in [0.15, 0.2) is 30.3 Å². The van der Waals surface area contributed by atoms with Gasteiger partial charge >= 0.3 is 6.09 Å². The average molecular weight is 290 g/mol. The molecule has 0 saturated carbocycles. The van der Waals surface area contributed by atoms with Gasteiger partial charge in [-0.15, -0.1) is 0 Å². The van der Waals surface area contributed by atoms with E-state index in [1.54, 1.807) is 0 Å². The van der Waals surface area contributed by atoms with Gasteiger partial charge < -0.3 is 14.8 Å². The zero-order valence-corrected chi connectivity index (χ0v) is 12.2. The van der Waals surface area contributed by atoms with E-state index in [4.69, 9.17) is 9.47 Å². The first kappa shape index (κ1) is 14.4. The zero-order valence-electron chi connectivity index (χ0n) is 12.2. The van der Waals surface area contributed by atoms with Gasteiger partial charge in [-0.1, -0.05) is 30.3 Å². The molecule has 114 valence electrons. The molecule has 3 rings (SSSR count). The lowest BCUT2D eigenvalue weighted by molar-refractivity contribution is -0.0379. The van der Waals surface area contributed by atoms with Gasteiger partial charge in [-0.05, 0) is 18.4 Å². The quantitative estimate of drug-likeness (QED) is 0.902. The van der Waals surface area contributed by atoms with Gasteiger partial charge in [-0.3, -0.25) is 4.90 Å². The number of rotatable bonds is 2. The van der Waals surface area contributed by atoms with Crippen LogP contribution in [0.25, 0.3) is 0 Å². The molecule has 2 heterocycles. The molecule has 21 heavy (non-hydrogen) atoms. The first-order chi connectivity index (χ1) is 10.3. The highest BCUT2D eigenvalue weighted by Crippen LogP contribution is 2.29. The van der Waals surface area contributed by atoms with E-state index in [0.29, 0.717) is 26.4 Å². The molecule has 1 N–H and O–H groups in total. The van der Waals surface area contributed by atoms with E-state index in [-0.39, 0.29) is 11.6 Å². The summed E-state index contributed by atoms with van der Waals surface area (Å²) in [6, 6.07) is 9.80. The molecular formula is C16H22N2O3. The second kappa shape index (κ2) is 6.45. The molecule has 0 aliphatic carbocycles. The molecule has 1 amide bonds. The fourth-order valence-electron chi connectivity index (χ4n) is 3.12. The van der Waals surface area contributed by atoms with E-state index in [1.807, 2.05) is 35.2 Å². The van der Waals surface area contributed by atoms with Crippen LogP contribution in [0.5, 0.6) is 0 Å². The Labute approximate surface area is 125 Å². The molecule has 5 nitrogen and oxygen atoms in total. The normalized spacial score (nSPS) is 21.2. The monoisotopic (exact) mass is 290 g/mol. The number of amides is 1. The molecule has 2 aliphatic rings. The van der Waals surface area contributed by atoms with Gasteiger partial charge in [-0.25, -0.2) is 4.79 Å². The van der Waals surface area contributed by atoms with Crippen LogP contribution in [0.1, 0.15) is 18.4 Å². The van der Waals surface area contributed by atoms with Crippen molar-refractivity contribution in [3.8, 4) is 0 Å². The number of carbonyl (C=O) groups is 1. The third-order valence-corrected chi connectivity index (χ3v) is 4.39. The smallest absolute Gasteiger partial charge is 0.410 e. The molecule has 0 unspecified atom stereocenters. The number of hydrogen-bond acceptors (Lipinski definition) is 4. The van der Waals surface area contributed by atoms with Crippen LogP contribution in [0.3, 0.4) is 0 Å². The first-order valence-corrected chi connectivity index (χ1v) is 7.57. The Morgan fingerprint density at radius 2 is 2.05 bits per heavy atom. The minimum atomic E-state index is -0.206. The molecule has 2 aliphatic heterocycles. The summed E-state index contributed by atoms with van der Waals surface area (Å²) in [6.45, 7) is 4.11. The fourth-order valence-corrected chi connectivity index (χ4v) is 3.12. The number of hydrogen-bond donors (Lipinski definition) is 1. The number of carbonyl (C=O) groups excluding carboxylic acids is 1. The topological polar surface area (TPSA) is 50.8 Å². The van der Waals surface area contributed by atoms with Gasteiger partial charge in [-0.2, -0.15) is 0 Å². The first-order valence-electron chi connectivity index (χ1n) is 7.57. The van der Waals surface area contributed by atoms with Crippen molar-refractivity contribution in [2.24, 2.45) is 0 Å². The Morgan fingerprint density at radius 3 is 2.81 bits per heavy atom. The third-order valence-electron chi connectivity index (χ3n) is 4.39. The maximum Gasteiger partial charge on any atom is 0.410 e. The summed E-state index contributed by atoms with van der Waals surface area (Å²) in [5, 5.41) is 3.40. The van der Waals surface area contributed by atoms with Crippen LogP contribution in [0.2, 0.25) is 0 Å². The van der Waals surface area contributed by atoms with Crippen molar-refractivity contribution in [3.05, 3.63) is 35.9 Å². The molecule has 2 fully saturated rings. The van der Waals surface area contributed by atoms with Gasteiger partial charge in [0, 0.05) is 32.8 Å². The van der Waals surface area contributed by atoms with E-state index >= 15 is 0 Å². The highest BCUT2D eigenvalue weighted by Gasteiger charge is 2.43. The highest BCUT2D eigenvalue weighted by molar-refractivity contribution is 5.69. The van der Waals surface area contributed by atoms with Crippen molar-refractivity contribution in [1.29, 1.82) is 0 Å². The molecule has 1 aromatic carbocycles. The van der Waals surface area contributed by atoms with Gasteiger partial charge in [0.05, 0.1) is 5.54 Å². The molecule has 5 heteroatoms. The highest BCUT2D eigenvalue weighted by atomic mass is 16.6. The summed E-state index contributed by atoms with van der Waals surface area (Å²) in [4.78, 5) is 14.4. The van der Waals surface area contributed by atoms with Crippen LogP contribution >= 0.6 is 0 Å². The number of benzene rings is 1. The lowest BCUT2D eigenvalue weighted by Gasteiger charge is -2.48. The number of ether oxygens (including phenoxy) is 2. The Morgan fingerprint density at radius 1 is 1.29 bits per heavy atom. The number of nitrogens with one attached hydrogen (secondary N) is 1. The van der Waals surface area contributed by atoms with Crippen molar-refractivity contribution >= 4 is 6.09 Å². The summed E-state index contributed by atoms with van der Waals surface area (Å²) < 4.78 is 11.0. The lowest BCUT2D eigenvalue weighted by Crippen LogP contribution is -2.64. The second-order valence-corrected chi connectivity index (χ2v) is 5.71. The van der Waals surface area contributed by atoms with Crippen molar-refractivity contribution in [2.45, 2.75) is 25.0 Å². The minimum absolute atomic E-state index is 0.135. The SMILES string of the molecule is O=C(OCc1ccccc1)N1CCNCC12CCOCC2. The van der Waals surface area contributed by atoms with E-state index in [0.717, 1.165) is 31.5 Å². The maximum atomic E-state index is 12.5. The van der Waals surface area contributed by atoms with Crippen LogP contribution < -0.4 is 5.32 Å². The Kier molecular flexibility index (Phi) is 4.41. The number of piperazine rings is 1. The third kappa shape index (κ3) is 3.19. The van der Waals surface area contributed by atoms with Gasteiger partial charge in [0.25, 0.3) is 0 Å². The molecule has 1 spiro atoms. The van der Waals surface area contributed by atoms with Gasteiger partial charge in [0.1, 0.15) is 6.61 Å². The zero-order chi connectivity index (χ0) is 14.5. The summed E-state index contributed by atoms with van der Waals surface area (Å²) in [5.41, 5.74) is 0.881. The Bertz CT molecular complexity index is 463. The predicted molar refractivity (Wildman–Crippen MR) is 79.0 cm³/mol. The van der Waals surface area contributed by atoms with Crippen molar-refractivity contribution in [3.63, 3.8) is 0 Å². The summed E-state index contributed by atoms with van der Waals surface area (Å²) >= 11 is 0. The molecule has 0 radical (unpaired) electrons. The maximum absolute atomic E-state index is 12.5. The predicted octanol–water partition coefficient (Wildman–Crippen LogP) is 1.78. The summed E-state index contributed by atoms with van der Waals surface area (Å²) in [7, 11) is 0. The van der Waals surface area contributed by atoms with Crippen molar-refractivity contribution < 1.29 is 14.3 Å². The number of nitrogens with zero attached hydrogens (tertiary/aromatic N) is 1. The van der Waals surface area contributed by atoms with E-state index in [9.17, 15) is 4.79 Å². The van der Waals surface area contributed by atoms with Crippen LogP contribution in [-0.2, 0) is 16.1 Å². The molecule has 0 bridgehead atoms. The summed E-state index contributed by atoms with van der Waals surface area (Å²) in [5.74, 6) is 0. The van der Waals surface area contributed by atoms with Gasteiger partial charge in [0.15, 0.2) is 0 Å². The second-order valence-electron chi connectivity index (χ2n) is 5.71. The van der Waals surface area contributed by atoms with E-state index < -0.39 is 0 Å². The molecular weight excluding hydrogens is 268 g/mol. The minimum Gasteiger partial charge on any atom is -0.445 e. The van der Waals surface area contributed by atoms with Crippen molar-refractivity contribution in [2.75, 3.05) is 32.8 Å². The van der Waals surface area contributed by atoms with Crippen LogP contribution in [0, 0.1) is 0 Å². The van der Waals surface area contributed by atoms with E-state index in [1.165, 1.54) is 0 Å². The lowest BCUT2D eigenvalue weighted by atomic mass is 9.86.